The van der Waals surface area contributed by atoms with Crippen LogP contribution in [0, 0.1) is 12.7 Å². The first-order valence-electron chi connectivity index (χ1n) is 8.56. The number of aryl methyl sites for hydroxylation is 1. The molecule has 0 saturated carbocycles. The van der Waals surface area contributed by atoms with Crippen molar-refractivity contribution < 1.29 is 17.6 Å². The van der Waals surface area contributed by atoms with Gasteiger partial charge in [0.25, 0.3) is 15.9 Å². The second kappa shape index (κ2) is 8.22. The van der Waals surface area contributed by atoms with E-state index in [1.807, 2.05) is 6.92 Å². The molecule has 0 spiro atoms. The number of para-hydroxylation sites is 1. The zero-order valence-electron chi connectivity index (χ0n) is 15.1. The Hall–Kier alpha value is -3.19. The van der Waals surface area contributed by atoms with Crippen LogP contribution in [0.15, 0.2) is 77.7 Å². The summed E-state index contributed by atoms with van der Waals surface area (Å²) in [6.45, 7) is 2.06. The Morgan fingerprint density at radius 2 is 1.57 bits per heavy atom. The molecule has 144 valence electrons. The SMILES string of the molecule is Cc1ccc(S(=O)(=O)Nc2ccccc2C(=O)NCc2ccc(F)cc2)cc1. The first-order valence-corrected chi connectivity index (χ1v) is 10.0. The predicted molar refractivity (Wildman–Crippen MR) is 106 cm³/mol. The second-order valence-corrected chi connectivity index (χ2v) is 7.96. The van der Waals surface area contributed by atoms with Gasteiger partial charge in [-0.2, -0.15) is 0 Å². The van der Waals surface area contributed by atoms with Crippen LogP contribution in [0.5, 0.6) is 0 Å². The number of sulfonamides is 1. The van der Waals surface area contributed by atoms with E-state index in [1.165, 1.54) is 36.4 Å². The predicted octanol–water partition coefficient (Wildman–Crippen LogP) is 3.86. The van der Waals surface area contributed by atoms with E-state index in [1.54, 1.807) is 36.4 Å². The van der Waals surface area contributed by atoms with Crippen molar-refractivity contribution in [1.82, 2.24) is 5.32 Å². The van der Waals surface area contributed by atoms with Crippen molar-refractivity contribution in [2.45, 2.75) is 18.4 Å². The lowest BCUT2D eigenvalue weighted by Gasteiger charge is -2.13. The Labute approximate surface area is 163 Å². The fraction of sp³-hybridized carbons (Fsp3) is 0.0952. The molecule has 0 aliphatic heterocycles. The Kier molecular flexibility index (Phi) is 5.75. The lowest BCUT2D eigenvalue weighted by atomic mass is 10.1. The van der Waals surface area contributed by atoms with Gasteiger partial charge in [0.05, 0.1) is 16.1 Å². The first-order chi connectivity index (χ1) is 13.3. The van der Waals surface area contributed by atoms with Crippen LogP contribution < -0.4 is 10.0 Å². The van der Waals surface area contributed by atoms with Crippen LogP contribution in [0.3, 0.4) is 0 Å². The van der Waals surface area contributed by atoms with Gasteiger partial charge in [-0.15, -0.1) is 0 Å². The van der Waals surface area contributed by atoms with Crippen LogP contribution in [0.1, 0.15) is 21.5 Å². The number of carbonyl (C=O) groups excluding carboxylic acids is 1. The third kappa shape index (κ3) is 4.75. The summed E-state index contributed by atoms with van der Waals surface area (Å²) < 4.78 is 40.7. The van der Waals surface area contributed by atoms with Gasteiger partial charge in [-0.05, 0) is 48.9 Å². The fourth-order valence-electron chi connectivity index (χ4n) is 2.57. The standard InChI is InChI=1S/C21H19FN2O3S/c1-15-6-12-18(13-7-15)28(26,27)24-20-5-3-2-4-19(20)21(25)23-14-16-8-10-17(22)11-9-16/h2-13,24H,14H2,1H3,(H,23,25). The van der Waals surface area contributed by atoms with Crippen LogP contribution in [-0.4, -0.2) is 14.3 Å². The first kappa shape index (κ1) is 19.6. The number of hydrogen-bond donors (Lipinski definition) is 2. The van der Waals surface area contributed by atoms with Crippen LogP contribution >= 0.6 is 0 Å². The van der Waals surface area contributed by atoms with Gasteiger partial charge in [0, 0.05) is 6.54 Å². The fourth-order valence-corrected chi connectivity index (χ4v) is 3.65. The monoisotopic (exact) mass is 398 g/mol. The third-order valence-electron chi connectivity index (χ3n) is 4.11. The number of carbonyl (C=O) groups is 1. The van der Waals surface area contributed by atoms with Gasteiger partial charge >= 0.3 is 0 Å². The zero-order valence-corrected chi connectivity index (χ0v) is 16.0. The average molecular weight is 398 g/mol. The van der Waals surface area contributed by atoms with E-state index in [0.29, 0.717) is 0 Å². The summed E-state index contributed by atoms with van der Waals surface area (Å²) in [6, 6.07) is 18.5. The van der Waals surface area contributed by atoms with Crippen molar-refractivity contribution in [2.75, 3.05) is 4.72 Å². The topological polar surface area (TPSA) is 75.3 Å². The minimum absolute atomic E-state index is 0.111. The minimum Gasteiger partial charge on any atom is -0.348 e. The van der Waals surface area contributed by atoms with E-state index >= 15 is 0 Å². The van der Waals surface area contributed by atoms with Crippen LogP contribution in [0.4, 0.5) is 10.1 Å². The second-order valence-electron chi connectivity index (χ2n) is 6.27. The summed E-state index contributed by atoms with van der Waals surface area (Å²) in [7, 11) is -3.83. The summed E-state index contributed by atoms with van der Waals surface area (Å²) in [6.07, 6.45) is 0. The molecule has 5 nitrogen and oxygen atoms in total. The zero-order chi connectivity index (χ0) is 20.1. The molecule has 0 fully saturated rings. The highest BCUT2D eigenvalue weighted by Gasteiger charge is 2.18. The number of halogens is 1. The van der Waals surface area contributed by atoms with Gasteiger partial charge in [-0.1, -0.05) is 42.0 Å². The maximum Gasteiger partial charge on any atom is 0.261 e. The quantitative estimate of drug-likeness (QED) is 0.662. The van der Waals surface area contributed by atoms with Gasteiger partial charge in [0.15, 0.2) is 0 Å². The van der Waals surface area contributed by atoms with Crippen molar-refractivity contribution in [3.8, 4) is 0 Å². The molecule has 0 unspecified atom stereocenters. The van der Waals surface area contributed by atoms with E-state index < -0.39 is 15.9 Å². The summed E-state index contributed by atoms with van der Waals surface area (Å²) in [5, 5.41) is 2.71. The number of amides is 1. The molecule has 3 rings (SSSR count). The maximum absolute atomic E-state index is 13.0. The minimum atomic E-state index is -3.83. The van der Waals surface area contributed by atoms with Crippen molar-refractivity contribution in [1.29, 1.82) is 0 Å². The molecule has 1 amide bonds. The van der Waals surface area contributed by atoms with Gasteiger partial charge in [0.1, 0.15) is 5.82 Å². The molecule has 0 aromatic heterocycles. The molecule has 0 heterocycles. The summed E-state index contributed by atoms with van der Waals surface area (Å²) in [5.41, 5.74) is 2.05. The van der Waals surface area contributed by atoms with Gasteiger partial charge < -0.3 is 5.32 Å². The third-order valence-corrected chi connectivity index (χ3v) is 5.50. The number of anilines is 1. The van der Waals surface area contributed by atoms with Crippen LogP contribution in [0.2, 0.25) is 0 Å². The molecule has 7 heteroatoms. The van der Waals surface area contributed by atoms with Crippen molar-refractivity contribution in [3.05, 3.63) is 95.3 Å². The lowest BCUT2D eigenvalue weighted by molar-refractivity contribution is 0.0952. The van der Waals surface area contributed by atoms with Crippen molar-refractivity contribution in [2.24, 2.45) is 0 Å². The molecule has 0 bridgehead atoms. The van der Waals surface area contributed by atoms with Crippen LogP contribution in [0.25, 0.3) is 0 Å². The lowest BCUT2D eigenvalue weighted by Crippen LogP contribution is -2.25. The Balaban J connectivity index is 1.77. The largest absolute Gasteiger partial charge is 0.348 e. The van der Waals surface area contributed by atoms with E-state index in [-0.39, 0.29) is 28.5 Å². The summed E-state index contributed by atoms with van der Waals surface area (Å²) >= 11 is 0. The molecule has 3 aromatic rings. The van der Waals surface area contributed by atoms with Crippen LogP contribution in [-0.2, 0) is 16.6 Å². The maximum atomic E-state index is 13.0. The smallest absolute Gasteiger partial charge is 0.261 e. The molecule has 0 saturated heterocycles. The number of nitrogens with one attached hydrogen (secondary N) is 2. The number of hydrogen-bond acceptors (Lipinski definition) is 3. The highest BCUT2D eigenvalue weighted by atomic mass is 32.2. The van der Waals surface area contributed by atoms with Gasteiger partial charge in [0.2, 0.25) is 0 Å². The molecule has 0 atom stereocenters. The van der Waals surface area contributed by atoms with E-state index in [0.717, 1.165) is 11.1 Å². The molecule has 28 heavy (non-hydrogen) atoms. The molecule has 3 aromatic carbocycles. The summed E-state index contributed by atoms with van der Waals surface area (Å²) in [4.78, 5) is 12.7. The van der Waals surface area contributed by atoms with Gasteiger partial charge in [-0.25, -0.2) is 12.8 Å². The van der Waals surface area contributed by atoms with Crippen molar-refractivity contribution in [3.63, 3.8) is 0 Å². The van der Waals surface area contributed by atoms with Crippen molar-refractivity contribution >= 4 is 21.6 Å². The summed E-state index contributed by atoms with van der Waals surface area (Å²) in [5.74, 6) is -0.794. The van der Waals surface area contributed by atoms with E-state index in [2.05, 4.69) is 10.0 Å². The molecular formula is C21H19FN2O3S. The average Bonchev–Trinajstić information content (AvgIpc) is 2.68. The molecular weight excluding hydrogens is 379 g/mol. The van der Waals surface area contributed by atoms with Gasteiger partial charge in [-0.3, -0.25) is 9.52 Å². The molecule has 0 radical (unpaired) electrons. The Morgan fingerprint density at radius 3 is 2.25 bits per heavy atom. The number of benzene rings is 3. The normalized spacial score (nSPS) is 11.1. The number of rotatable bonds is 6. The highest BCUT2D eigenvalue weighted by molar-refractivity contribution is 7.92. The highest BCUT2D eigenvalue weighted by Crippen LogP contribution is 2.20. The Bertz CT molecular complexity index is 1080. The molecule has 0 aliphatic carbocycles. The Morgan fingerprint density at radius 1 is 0.929 bits per heavy atom. The van der Waals surface area contributed by atoms with E-state index in [9.17, 15) is 17.6 Å². The molecule has 0 aliphatic rings. The molecule has 2 N–H and O–H groups in total. The van der Waals surface area contributed by atoms with E-state index in [4.69, 9.17) is 0 Å².